The number of thiophene rings is 1. The van der Waals surface area contributed by atoms with E-state index < -0.39 is 27.4 Å². The van der Waals surface area contributed by atoms with Gasteiger partial charge in [0.25, 0.3) is 10.1 Å². The van der Waals surface area contributed by atoms with Gasteiger partial charge in [-0.05, 0) is 64.8 Å². The summed E-state index contributed by atoms with van der Waals surface area (Å²) in [6, 6.07) is 6.62. The van der Waals surface area contributed by atoms with Gasteiger partial charge in [-0.1, -0.05) is 12.8 Å². The molecule has 3 rings (SSSR count). The number of halogens is 2. The Kier molecular flexibility index (Phi) is 8.18. The van der Waals surface area contributed by atoms with E-state index >= 15 is 4.39 Å². The molecule has 9 heteroatoms. The van der Waals surface area contributed by atoms with Crippen molar-refractivity contribution in [3.05, 3.63) is 35.9 Å². The van der Waals surface area contributed by atoms with Crippen molar-refractivity contribution in [3.8, 4) is 11.5 Å². The van der Waals surface area contributed by atoms with E-state index in [9.17, 15) is 12.8 Å². The van der Waals surface area contributed by atoms with Crippen LogP contribution < -0.4 is 9.47 Å². The third-order valence-corrected chi connectivity index (χ3v) is 7.59. The van der Waals surface area contributed by atoms with Crippen molar-refractivity contribution in [2.75, 3.05) is 19.0 Å². The van der Waals surface area contributed by atoms with E-state index in [1.807, 2.05) is 0 Å². The van der Waals surface area contributed by atoms with Gasteiger partial charge in [0.15, 0.2) is 23.1 Å². The number of hydrogen-bond donors (Lipinski definition) is 0. The monoisotopic (exact) mass is 500 g/mol. The van der Waals surface area contributed by atoms with Crippen LogP contribution in [-0.2, 0) is 14.3 Å². The van der Waals surface area contributed by atoms with Gasteiger partial charge >= 0.3 is 0 Å². The van der Waals surface area contributed by atoms with Crippen LogP contribution in [0.4, 0.5) is 8.78 Å². The molecule has 0 aliphatic carbocycles. The van der Waals surface area contributed by atoms with E-state index in [0.717, 1.165) is 17.8 Å². The van der Waals surface area contributed by atoms with E-state index in [2.05, 4.69) is 0 Å². The van der Waals surface area contributed by atoms with E-state index in [1.54, 1.807) is 52.0 Å². The minimum absolute atomic E-state index is 0.0239. The quantitative estimate of drug-likeness (QED) is 0.214. The normalized spacial score (nSPS) is 12.5. The molecule has 33 heavy (non-hydrogen) atoms. The maximum Gasteiger partial charge on any atom is 0.267 e. The molecule has 2 aromatic carbocycles. The molecule has 0 aliphatic rings. The average Bonchev–Trinajstić information content (AvgIpc) is 3.09. The van der Waals surface area contributed by atoms with Crippen LogP contribution in [0.2, 0.25) is 0 Å². The molecule has 0 N–H and O–H groups in total. The first-order valence-electron chi connectivity index (χ1n) is 11.0. The Hall–Kier alpha value is -1.97. The van der Waals surface area contributed by atoms with Crippen LogP contribution in [0.25, 0.3) is 20.2 Å². The minimum atomic E-state index is -3.54. The van der Waals surface area contributed by atoms with Gasteiger partial charge in [0.2, 0.25) is 0 Å². The lowest BCUT2D eigenvalue weighted by molar-refractivity contribution is 0.139. The Bertz CT molecular complexity index is 1210. The fourth-order valence-corrected chi connectivity index (χ4v) is 6.08. The predicted octanol–water partition coefficient (Wildman–Crippen LogP) is 6.82. The molecule has 0 unspecified atom stereocenters. The molecular weight excluding hydrogens is 470 g/mol. The first kappa shape index (κ1) is 25.6. The summed E-state index contributed by atoms with van der Waals surface area (Å²) >= 11 is 1.05. The lowest BCUT2D eigenvalue weighted by Crippen LogP contribution is -2.25. The minimum Gasteiger partial charge on any atom is -0.491 e. The third-order valence-electron chi connectivity index (χ3n) is 4.84. The molecule has 0 spiro atoms. The van der Waals surface area contributed by atoms with Crippen LogP contribution in [0, 0.1) is 11.6 Å². The molecule has 0 bridgehead atoms. The molecule has 182 valence electrons. The maximum atomic E-state index is 15.0. The van der Waals surface area contributed by atoms with E-state index in [1.165, 1.54) is 0 Å². The molecular formula is C24H30F2O5S2. The van der Waals surface area contributed by atoms with Gasteiger partial charge < -0.3 is 9.47 Å². The highest BCUT2D eigenvalue weighted by Crippen LogP contribution is 2.41. The second-order valence-electron chi connectivity index (χ2n) is 8.76. The van der Waals surface area contributed by atoms with Crippen LogP contribution >= 0.6 is 11.3 Å². The van der Waals surface area contributed by atoms with Crippen LogP contribution in [-0.4, -0.2) is 33.0 Å². The first-order chi connectivity index (χ1) is 15.5. The highest BCUT2D eigenvalue weighted by Gasteiger charge is 2.21. The van der Waals surface area contributed by atoms with Crippen molar-refractivity contribution in [1.29, 1.82) is 0 Å². The zero-order valence-corrected chi connectivity index (χ0v) is 21.0. The van der Waals surface area contributed by atoms with Crippen LogP contribution in [0.15, 0.2) is 24.3 Å². The first-order valence-corrected chi connectivity index (χ1v) is 13.4. The lowest BCUT2D eigenvalue weighted by Gasteiger charge is -2.18. The second kappa shape index (κ2) is 10.5. The number of hydrogen-bond acceptors (Lipinski definition) is 6. The summed E-state index contributed by atoms with van der Waals surface area (Å²) in [6.45, 7) is 7.53. The van der Waals surface area contributed by atoms with Crippen molar-refractivity contribution < 1.29 is 30.9 Å². The number of unbranched alkanes of at least 4 members (excludes halogenated alkanes) is 3. The van der Waals surface area contributed by atoms with E-state index in [4.69, 9.17) is 13.7 Å². The standard InChI is InChI=1S/C24H30F2O5S2/c1-5-29-18-12-10-16-17-11-13-19(21(26)23(17)32-22(16)20(18)25)30-14-8-6-7-9-15-33(27,28)31-24(2,3)4/h10-13H,5-9,14-15H2,1-4H3. The molecule has 1 heterocycles. The molecule has 0 saturated carbocycles. The van der Waals surface area contributed by atoms with Gasteiger partial charge in [-0.25, -0.2) is 8.78 Å². The average molecular weight is 501 g/mol. The summed E-state index contributed by atoms with van der Waals surface area (Å²) in [7, 11) is -3.54. The Morgan fingerprint density at radius 1 is 0.848 bits per heavy atom. The molecule has 0 saturated heterocycles. The Morgan fingerprint density at radius 3 is 1.94 bits per heavy atom. The summed E-state index contributed by atoms with van der Waals surface area (Å²) < 4.78 is 70.2. The zero-order chi connectivity index (χ0) is 24.2. The highest BCUT2D eigenvalue weighted by atomic mass is 32.2. The number of rotatable bonds is 11. The highest BCUT2D eigenvalue weighted by molar-refractivity contribution is 7.86. The van der Waals surface area contributed by atoms with E-state index in [0.29, 0.717) is 52.6 Å². The molecule has 0 radical (unpaired) electrons. The maximum absolute atomic E-state index is 15.0. The molecule has 0 fully saturated rings. The molecule has 0 aliphatic heterocycles. The SMILES string of the molecule is CCOc1ccc2c(sc3c(F)c(OCCCCCCS(=O)(=O)OC(C)(C)C)ccc32)c1F. The fourth-order valence-electron chi connectivity index (χ4n) is 3.52. The number of benzene rings is 2. The van der Waals surface area contributed by atoms with Crippen molar-refractivity contribution in [1.82, 2.24) is 0 Å². The Balaban J connectivity index is 1.55. The van der Waals surface area contributed by atoms with Gasteiger partial charge in [-0.2, -0.15) is 8.42 Å². The van der Waals surface area contributed by atoms with Crippen molar-refractivity contribution >= 4 is 41.6 Å². The molecule has 3 aromatic rings. The van der Waals surface area contributed by atoms with Crippen LogP contribution in [0.5, 0.6) is 11.5 Å². The van der Waals surface area contributed by atoms with Gasteiger partial charge in [-0.3, -0.25) is 4.18 Å². The molecule has 5 nitrogen and oxygen atoms in total. The number of fused-ring (bicyclic) bond motifs is 3. The van der Waals surface area contributed by atoms with Gasteiger partial charge in [0, 0.05) is 10.8 Å². The van der Waals surface area contributed by atoms with Crippen molar-refractivity contribution in [2.45, 2.75) is 59.0 Å². The fraction of sp³-hybridized carbons (Fsp3) is 0.500. The summed E-state index contributed by atoms with van der Waals surface area (Å²) in [5, 5.41) is 1.28. The molecule has 1 aromatic heterocycles. The van der Waals surface area contributed by atoms with Crippen molar-refractivity contribution in [3.63, 3.8) is 0 Å². The van der Waals surface area contributed by atoms with Gasteiger partial charge in [-0.15, -0.1) is 11.3 Å². The van der Waals surface area contributed by atoms with Crippen LogP contribution in [0.1, 0.15) is 53.4 Å². The van der Waals surface area contributed by atoms with Crippen LogP contribution in [0.3, 0.4) is 0 Å². The van der Waals surface area contributed by atoms with E-state index in [-0.39, 0.29) is 17.3 Å². The molecule has 0 amide bonds. The third kappa shape index (κ3) is 6.55. The summed E-state index contributed by atoms with van der Waals surface area (Å²) in [5.41, 5.74) is -0.733. The molecule has 0 atom stereocenters. The predicted molar refractivity (Wildman–Crippen MR) is 129 cm³/mol. The largest absolute Gasteiger partial charge is 0.491 e. The number of ether oxygens (including phenoxy) is 2. The summed E-state index contributed by atoms with van der Waals surface area (Å²) in [5.74, 6) is -0.722. The second-order valence-corrected chi connectivity index (χ2v) is 11.5. The summed E-state index contributed by atoms with van der Waals surface area (Å²) in [6.07, 6.45) is 2.62. The van der Waals surface area contributed by atoms with Gasteiger partial charge in [0.1, 0.15) is 0 Å². The topological polar surface area (TPSA) is 61.8 Å². The van der Waals surface area contributed by atoms with Gasteiger partial charge in [0.05, 0.1) is 34.0 Å². The Morgan fingerprint density at radius 2 is 1.39 bits per heavy atom. The summed E-state index contributed by atoms with van der Waals surface area (Å²) in [4.78, 5) is 0. The lowest BCUT2D eigenvalue weighted by atomic mass is 10.1. The Labute approximate surface area is 197 Å². The smallest absolute Gasteiger partial charge is 0.267 e. The zero-order valence-electron chi connectivity index (χ0n) is 19.4. The van der Waals surface area contributed by atoms with Crippen molar-refractivity contribution in [2.24, 2.45) is 0 Å².